The fraction of sp³-hybridized carbons (Fsp3) is 0.788. The molecule has 0 radical (unpaired) electrons. The number of hydrogen-bond donors (Lipinski definition) is 6. The Balaban J connectivity index is 2.66. The summed E-state index contributed by atoms with van der Waals surface area (Å²) < 4.78 is 17.5. The molecule has 1 aliphatic heterocycles. The van der Waals surface area contributed by atoms with Crippen LogP contribution in [0.3, 0.4) is 0 Å². The Morgan fingerprint density at radius 1 is 0.519 bits per heavy atom. The second kappa shape index (κ2) is 53.7. The van der Waals surface area contributed by atoms with Gasteiger partial charge in [0.1, 0.15) is 24.4 Å². The van der Waals surface area contributed by atoms with Crippen molar-refractivity contribution < 1.29 is 49.3 Å². The Hall–Kier alpha value is -2.90. The molecule has 1 saturated heterocycles. The van der Waals surface area contributed by atoms with E-state index in [1.54, 1.807) is 6.08 Å². The van der Waals surface area contributed by atoms with Gasteiger partial charge in [0.15, 0.2) is 12.4 Å². The molecule has 1 rings (SSSR count). The number of unbranched alkanes of at least 4 members (excludes halogenated alkanes) is 33. The van der Waals surface area contributed by atoms with Crippen LogP contribution < -0.4 is 5.32 Å². The van der Waals surface area contributed by atoms with Crippen molar-refractivity contribution in [3.63, 3.8) is 0 Å². The van der Waals surface area contributed by atoms with Crippen LogP contribution in [0.25, 0.3) is 0 Å². The van der Waals surface area contributed by atoms with Gasteiger partial charge < -0.3 is 45.1 Å². The van der Waals surface area contributed by atoms with E-state index in [0.29, 0.717) is 19.3 Å². The zero-order valence-corrected chi connectivity index (χ0v) is 49.3. The fourth-order valence-corrected chi connectivity index (χ4v) is 9.74. The number of ether oxygens (including phenoxy) is 3. The number of carbonyl (C=O) groups excluding carboxylic acids is 2. The summed E-state index contributed by atoms with van der Waals surface area (Å²) in [5.41, 5.74) is 0. The predicted molar refractivity (Wildman–Crippen MR) is 319 cm³/mol. The van der Waals surface area contributed by atoms with Crippen molar-refractivity contribution in [1.82, 2.24) is 5.32 Å². The van der Waals surface area contributed by atoms with E-state index in [4.69, 9.17) is 14.2 Å². The van der Waals surface area contributed by atoms with Crippen LogP contribution in [0.15, 0.2) is 72.9 Å². The van der Waals surface area contributed by atoms with Crippen molar-refractivity contribution in [3.8, 4) is 0 Å². The zero-order valence-electron chi connectivity index (χ0n) is 49.3. The highest BCUT2D eigenvalue weighted by Gasteiger charge is 2.47. The van der Waals surface area contributed by atoms with E-state index >= 15 is 0 Å². The third-order valence-electron chi connectivity index (χ3n) is 14.8. The molecule has 1 aliphatic rings. The Morgan fingerprint density at radius 2 is 0.935 bits per heavy atom. The Labute approximate surface area is 471 Å². The number of allylic oxidation sites excluding steroid dienone is 11. The monoisotopic (exact) mass is 1080 g/mol. The van der Waals surface area contributed by atoms with Gasteiger partial charge in [0.2, 0.25) is 5.91 Å². The standard InChI is InChI=1S/C66H117NO10/c1-4-7-10-13-16-19-22-25-26-27-28-29-30-31-32-33-36-38-41-44-47-50-53-59(70)65(74)67-57(58(69)52-49-46-43-40-37-34-23-20-17-14-11-8-5-2)56-75-66-64(63(73)62(72)60(55-68)76-66)77-61(71)54-51-48-45-42-39-35-24-21-18-15-12-9-6-3/h9,12,15,18,21,24,35,39,42,45,49,52,57-60,62-64,66,68-70,72-73H,4-8,10-11,13-14,16-17,19-20,22-23,25-34,36-38,40-41,43-44,46-48,50-51,53-56H2,1-3H3,(H,67,74)/b12-9+,18-15+,24-21-,39-35-,45-42+,52-49+. The average molecular weight is 1080 g/mol. The van der Waals surface area contributed by atoms with Crippen molar-refractivity contribution in [2.24, 2.45) is 0 Å². The molecular formula is C66H117NO10. The van der Waals surface area contributed by atoms with E-state index in [0.717, 1.165) is 44.9 Å². The van der Waals surface area contributed by atoms with E-state index in [-0.39, 0.29) is 19.4 Å². The van der Waals surface area contributed by atoms with Crippen LogP contribution in [-0.4, -0.2) is 99.6 Å². The van der Waals surface area contributed by atoms with Crippen molar-refractivity contribution >= 4 is 11.9 Å². The van der Waals surface area contributed by atoms with Crippen LogP contribution in [0.2, 0.25) is 0 Å². The number of amides is 1. The maximum absolute atomic E-state index is 13.4. The van der Waals surface area contributed by atoms with Gasteiger partial charge in [0.25, 0.3) is 0 Å². The lowest BCUT2D eigenvalue weighted by Gasteiger charge is -2.41. The van der Waals surface area contributed by atoms with E-state index in [2.05, 4.69) is 32.2 Å². The van der Waals surface area contributed by atoms with E-state index in [9.17, 15) is 35.1 Å². The van der Waals surface area contributed by atoms with Crippen LogP contribution in [0.1, 0.15) is 271 Å². The number of hydrogen-bond acceptors (Lipinski definition) is 10. The van der Waals surface area contributed by atoms with Crippen LogP contribution in [0, 0.1) is 0 Å². The van der Waals surface area contributed by atoms with Crippen molar-refractivity contribution in [3.05, 3.63) is 72.9 Å². The van der Waals surface area contributed by atoms with Gasteiger partial charge in [-0.05, 0) is 38.5 Å². The molecule has 0 aromatic carbocycles. The summed E-state index contributed by atoms with van der Waals surface area (Å²) in [5.74, 6) is -1.27. The van der Waals surface area contributed by atoms with Gasteiger partial charge in [0, 0.05) is 6.42 Å². The van der Waals surface area contributed by atoms with Crippen LogP contribution in [0.5, 0.6) is 0 Å². The quantitative estimate of drug-likeness (QED) is 0.0149. The molecule has 77 heavy (non-hydrogen) atoms. The molecule has 1 amide bonds. The summed E-state index contributed by atoms with van der Waals surface area (Å²) >= 11 is 0. The largest absolute Gasteiger partial charge is 0.454 e. The lowest BCUT2D eigenvalue weighted by atomic mass is 9.99. The summed E-state index contributed by atoms with van der Waals surface area (Å²) in [6, 6.07) is -1.04. The summed E-state index contributed by atoms with van der Waals surface area (Å²) in [7, 11) is 0. The minimum absolute atomic E-state index is 0.0261. The molecule has 0 aliphatic carbocycles. The molecule has 1 fully saturated rings. The van der Waals surface area contributed by atoms with Crippen LogP contribution in [0.4, 0.5) is 0 Å². The fourth-order valence-electron chi connectivity index (χ4n) is 9.74. The number of esters is 1. The molecule has 11 heteroatoms. The molecule has 8 unspecified atom stereocenters. The first-order valence-electron chi connectivity index (χ1n) is 31.8. The first-order chi connectivity index (χ1) is 37.7. The lowest BCUT2D eigenvalue weighted by Crippen LogP contribution is -2.61. The molecule has 0 spiro atoms. The molecule has 11 nitrogen and oxygen atoms in total. The van der Waals surface area contributed by atoms with Gasteiger partial charge in [-0.1, -0.05) is 299 Å². The maximum Gasteiger partial charge on any atom is 0.306 e. The number of nitrogens with one attached hydrogen (secondary N) is 1. The third kappa shape index (κ3) is 41.7. The summed E-state index contributed by atoms with van der Waals surface area (Å²) in [4.78, 5) is 26.5. The summed E-state index contributed by atoms with van der Waals surface area (Å²) in [6.07, 6.45) is 58.2. The first kappa shape index (κ1) is 72.1. The number of rotatable bonds is 53. The van der Waals surface area contributed by atoms with Crippen LogP contribution >= 0.6 is 0 Å². The minimum Gasteiger partial charge on any atom is -0.454 e. The van der Waals surface area contributed by atoms with Crippen molar-refractivity contribution in [1.29, 1.82) is 0 Å². The van der Waals surface area contributed by atoms with Gasteiger partial charge in [-0.25, -0.2) is 0 Å². The molecule has 0 saturated carbocycles. The SMILES string of the molecule is CC/C=C/C=C/C=C\C=C/C=C/CCCC(=O)OC1C(OCC(NC(=O)C(O)CCCCCCCCCCCCCCCCCCCCCCCC)C(O)/C=C/CCCCCCCCCCCCC)OC(CO)C(O)C1O. The molecule has 0 aromatic heterocycles. The third-order valence-corrected chi connectivity index (χ3v) is 14.8. The molecular weight excluding hydrogens is 967 g/mol. The molecule has 8 atom stereocenters. The highest BCUT2D eigenvalue weighted by Crippen LogP contribution is 2.26. The van der Waals surface area contributed by atoms with E-state index < -0.39 is 67.4 Å². The second-order valence-electron chi connectivity index (χ2n) is 21.9. The summed E-state index contributed by atoms with van der Waals surface area (Å²) in [6.45, 7) is 5.62. The number of carbonyl (C=O) groups is 2. The lowest BCUT2D eigenvalue weighted by molar-refractivity contribution is -0.305. The van der Waals surface area contributed by atoms with Gasteiger partial charge >= 0.3 is 5.97 Å². The highest BCUT2D eigenvalue weighted by molar-refractivity contribution is 5.80. The number of aliphatic hydroxyl groups is 5. The highest BCUT2D eigenvalue weighted by atomic mass is 16.7. The normalized spacial score (nSPS) is 19.5. The molecule has 0 bridgehead atoms. The molecule has 6 N–H and O–H groups in total. The average Bonchev–Trinajstić information content (AvgIpc) is 3.43. The van der Waals surface area contributed by atoms with Crippen LogP contribution in [-0.2, 0) is 23.8 Å². The first-order valence-corrected chi connectivity index (χ1v) is 31.8. The number of aliphatic hydroxyl groups excluding tert-OH is 5. The minimum atomic E-state index is -1.64. The van der Waals surface area contributed by atoms with Crippen molar-refractivity contribution in [2.75, 3.05) is 13.2 Å². The Morgan fingerprint density at radius 3 is 1.39 bits per heavy atom. The van der Waals surface area contributed by atoms with Gasteiger partial charge in [-0.2, -0.15) is 0 Å². The molecule has 1 heterocycles. The molecule has 446 valence electrons. The topological polar surface area (TPSA) is 175 Å². The second-order valence-corrected chi connectivity index (χ2v) is 21.9. The van der Waals surface area contributed by atoms with Gasteiger partial charge in [-0.3, -0.25) is 9.59 Å². The van der Waals surface area contributed by atoms with E-state index in [1.807, 2.05) is 60.8 Å². The van der Waals surface area contributed by atoms with Gasteiger partial charge in [-0.15, -0.1) is 0 Å². The van der Waals surface area contributed by atoms with Gasteiger partial charge in [0.05, 0.1) is 25.4 Å². The Bertz CT molecular complexity index is 1530. The Kier molecular flexibility index (Phi) is 50.3. The van der Waals surface area contributed by atoms with E-state index in [1.165, 1.54) is 173 Å². The zero-order chi connectivity index (χ0) is 56.1. The predicted octanol–water partition coefficient (Wildman–Crippen LogP) is 15.2. The smallest absolute Gasteiger partial charge is 0.306 e. The summed E-state index contributed by atoms with van der Waals surface area (Å²) in [5, 5.41) is 56.9. The maximum atomic E-state index is 13.4. The van der Waals surface area contributed by atoms with Crippen molar-refractivity contribution in [2.45, 2.75) is 320 Å². The molecule has 0 aromatic rings.